The molecule has 2 heterocycles. The van der Waals surface area contributed by atoms with Gasteiger partial charge in [-0.1, -0.05) is 17.3 Å². The average Bonchev–Trinajstić information content (AvgIpc) is 3.09. The zero-order chi connectivity index (χ0) is 16.1. The number of nitrogens with zero attached hydrogens (tertiary/aromatic N) is 2. The Hall–Kier alpha value is -1.92. The highest BCUT2D eigenvalue weighted by molar-refractivity contribution is 5.89. The molecule has 1 fully saturated rings. The highest BCUT2D eigenvalue weighted by atomic mass is 35.5. The quantitative estimate of drug-likeness (QED) is 0.834. The van der Waals surface area contributed by atoms with Crippen molar-refractivity contribution in [3.8, 4) is 11.4 Å². The number of rotatable bonds is 5. The minimum atomic E-state index is -0.354. The van der Waals surface area contributed by atoms with Gasteiger partial charge in [0, 0.05) is 12.0 Å². The van der Waals surface area contributed by atoms with Crippen molar-refractivity contribution in [2.45, 2.75) is 25.7 Å². The number of halogens is 1. The van der Waals surface area contributed by atoms with Crippen LogP contribution >= 0.6 is 12.4 Å². The lowest BCUT2D eigenvalue weighted by atomic mass is 9.93. The van der Waals surface area contributed by atoms with Gasteiger partial charge in [0.25, 0.3) is 0 Å². The molecule has 0 saturated carbocycles. The topological polar surface area (TPSA) is 77.2 Å². The van der Waals surface area contributed by atoms with E-state index in [4.69, 9.17) is 4.52 Å². The van der Waals surface area contributed by atoms with Gasteiger partial charge < -0.3 is 14.6 Å². The summed E-state index contributed by atoms with van der Waals surface area (Å²) in [6.07, 6.45) is 4.34. The standard InChI is InChI=1S/C17H21N3O3.ClH/c1-22-17(21)14-5-3-13(4-6-14)16-19-15(23-20-16)7-2-12-8-10-18-11-9-12;/h3-6,12,18H,2,7-11H2,1H3;1H. The van der Waals surface area contributed by atoms with Crippen LogP contribution in [0, 0.1) is 5.92 Å². The van der Waals surface area contributed by atoms with Crippen LogP contribution in [0.5, 0.6) is 0 Å². The molecule has 1 aliphatic heterocycles. The van der Waals surface area contributed by atoms with Crippen molar-refractivity contribution in [1.82, 2.24) is 15.5 Å². The molecule has 1 N–H and O–H groups in total. The summed E-state index contributed by atoms with van der Waals surface area (Å²) in [5.41, 5.74) is 1.33. The minimum Gasteiger partial charge on any atom is -0.465 e. The van der Waals surface area contributed by atoms with Crippen LogP contribution in [0.25, 0.3) is 11.4 Å². The first-order valence-corrected chi connectivity index (χ1v) is 7.98. The van der Waals surface area contributed by atoms with E-state index in [1.54, 1.807) is 24.3 Å². The molecule has 0 aliphatic carbocycles. The summed E-state index contributed by atoms with van der Waals surface area (Å²) in [6.45, 7) is 2.21. The van der Waals surface area contributed by atoms with Gasteiger partial charge in [0.15, 0.2) is 0 Å². The van der Waals surface area contributed by atoms with E-state index in [-0.39, 0.29) is 18.4 Å². The van der Waals surface area contributed by atoms with Crippen LogP contribution in [0.4, 0.5) is 0 Å². The smallest absolute Gasteiger partial charge is 0.337 e. The Balaban J connectivity index is 0.00000208. The second-order valence-electron chi connectivity index (χ2n) is 5.81. The molecule has 6 nitrogen and oxygen atoms in total. The summed E-state index contributed by atoms with van der Waals surface area (Å²) in [6, 6.07) is 7.00. The Morgan fingerprint density at radius 1 is 1.29 bits per heavy atom. The maximum Gasteiger partial charge on any atom is 0.337 e. The van der Waals surface area contributed by atoms with E-state index in [2.05, 4.69) is 20.2 Å². The van der Waals surface area contributed by atoms with Crippen molar-refractivity contribution >= 4 is 18.4 Å². The van der Waals surface area contributed by atoms with Gasteiger partial charge in [-0.05, 0) is 50.4 Å². The molecule has 0 spiro atoms. The number of carbonyl (C=O) groups excluding carboxylic acids is 1. The Labute approximate surface area is 147 Å². The van der Waals surface area contributed by atoms with Gasteiger partial charge in [0.1, 0.15) is 0 Å². The van der Waals surface area contributed by atoms with Crippen molar-refractivity contribution in [2.24, 2.45) is 5.92 Å². The Bertz CT molecular complexity index is 651. The number of aromatic nitrogens is 2. The fourth-order valence-electron chi connectivity index (χ4n) is 2.84. The van der Waals surface area contributed by atoms with E-state index in [1.807, 2.05) is 0 Å². The second-order valence-corrected chi connectivity index (χ2v) is 5.81. The van der Waals surface area contributed by atoms with E-state index in [0.29, 0.717) is 17.3 Å². The molecule has 0 amide bonds. The summed E-state index contributed by atoms with van der Waals surface area (Å²) >= 11 is 0. The Morgan fingerprint density at radius 2 is 2.00 bits per heavy atom. The molecule has 0 atom stereocenters. The number of carbonyl (C=O) groups is 1. The summed E-state index contributed by atoms with van der Waals surface area (Å²) in [7, 11) is 1.37. The summed E-state index contributed by atoms with van der Waals surface area (Å²) < 4.78 is 10.0. The van der Waals surface area contributed by atoms with Crippen molar-refractivity contribution < 1.29 is 14.1 Å². The normalized spacial score (nSPS) is 14.9. The maximum atomic E-state index is 11.4. The SMILES string of the molecule is COC(=O)c1ccc(-c2noc(CCC3CCNCC3)n2)cc1.Cl. The number of piperidine rings is 1. The molecule has 1 aromatic heterocycles. The number of hydrogen-bond donors (Lipinski definition) is 1. The molecule has 0 unspecified atom stereocenters. The van der Waals surface area contributed by atoms with E-state index >= 15 is 0 Å². The highest BCUT2D eigenvalue weighted by Crippen LogP contribution is 2.21. The first kappa shape index (κ1) is 18.4. The van der Waals surface area contributed by atoms with E-state index in [9.17, 15) is 4.79 Å². The summed E-state index contributed by atoms with van der Waals surface area (Å²) in [5, 5.41) is 7.40. The fourth-order valence-corrected chi connectivity index (χ4v) is 2.84. The van der Waals surface area contributed by atoms with Gasteiger partial charge in [-0.15, -0.1) is 12.4 Å². The van der Waals surface area contributed by atoms with Crippen molar-refractivity contribution in [3.05, 3.63) is 35.7 Å². The molecular formula is C17H22ClN3O3. The van der Waals surface area contributed by atoms with Crippen LogP contribution in [-0.2, 0) is 11.2 Å². The van der Waals surface area contributed by atoms with E-state index in [1.165, 1.54) is 20.0 Å². The summed E-state index contributed by atoms with van der Waals surface area (Å²) in [5.74, 6) is 1.62. The Kier molecular flexibility index (Phi) is 6.75. The first-order chi connectivity index (χ1) is 11.3. The number of benzene rings is 1. The molecule has 3 rings (SSSR count). The number of hydrogen-bond acceptors (Lipinski definition) is 6. The number of ether oxygens (including phenoxy) is 1. The largest absolute Gasteiger partial charge is 0.465 e. The predicted octanol–water partition coefficient (Wildman–Crippen LogP) is 2.88. The van der Waals surface area contributed by atoms with Crippen LogP contribution < -0.4 is 5.32 Å². The molecule has 130 valence electrons. The fraction of sp³-hybridized carbons (Fsp3) is 0.471. The van der Waals surface area contributed by atoms with Crippen LogP contribution in [0.3, 0.4) is 0 Å². The first-order valence-electron chi connectivity index (χ1n) is 7.98. The molecular weight excluding hydrogens is 330 g/mol. The monoisotopic (exact) mass is 351 g/mol. The zero-order valence-electron chi connectivity index (χ0n) is 13.7. The molecule has 0 radical (unpaired) electrons. The maximum absolute atomic E-state index is 11.4. The summed E-state index contributed by atoms with van der Waals surface area (Å²) in [4.78, 5) is 15.9. The third kappa shape index (κ3) is 4.55. The van der Waals surface area contributed by atoms with Crippen molar-refractivity contribution in [1.29, 1.82) is 0 Å². The minimum absolute atomic E-state index is 0. The predicted molar refractivity (Wildman–Crippen MR) is 92.2 cm³/mol. The molecule has 1 saturated heterocycles. The molecule has 0 bridgehead atoms. The highest BCUT2D eigenvalue weighted by Gasteiger charge is 2.15. The molecule has 1 aromatic carbocycles. The van der Waals surface area contributed by atoms with Gasteiger partial charge in [-0.3, -0.25) is 0 Å². The van der Waals surface area contributed by atoms with Crippen molar-refractivity contribution in [2.75, 3.05) is 20.2 Å². The van der Waals surface area contributed by atoms with Gasteiger partial charge in [-0.25, -0.2) is 4.79 Å². The zero-order valence-corrected chi connectivity index (χ0v) is 14.5. The lowest BCUT2D eigenvalue weighted by Gasteiger charge is -2.21. The van der Waals surface area contributed by atoms with Crippen LogP contribution in [0.1, 0.15) is 35.5 Å². The van der Waals surface area contributed by atoms with Gasteiger partial charge >= 0.3 is 5.97 Å². The number of nitrogens with one attached hydrogen (secondary N) is 1. The lowest BCUT2D eigenvalue weighted by molar-refractivity contribution is 0.0601. The average molecular weight is 352 g/mol. The number of esters is 1. The van der Waals surface area contributed by atoms with Crippen LogP contribution in [-0.4, -0.2) is 36.3 Å². The molecule has 24 heavy (non-hydrogen) atoms. The van der Waals surface area contributed by atoms with Gasteiger partial charge in [0.2, 0.25) is 11.7 Å². The van der Waals surface area contributed by atoms with E-state index < -0.39 is 0 Å². The second kappa shape index (κ2) is 8.80. The molecule has 1 aliphatic rings. The van der Waals surface area contributed by atoms with Gasteiger partial charge in [-0.2, -0.15) is 4.98 Å². The van der Waals surface area contributed by atoms with Gasteiger partial charge in [0.05, 0.1) is 12.7 Å². The third-order valence-electron chi connectivity index (χ3n) is 4.26. The number of methoxy groups -OCH3 is 1. The number of aryl methyl sites for hydroxylation is 1. The lowest BCUT2D eigenvalue weighted by Crippen LogP contribution is -2.27. The van der Waals surface area contributed by atoms with E-state index in [0.717, 1.165) is 37.4 Å². The molecule has 2 aromatic rings. The molecule has 7 heteroatoms. The van der Waals surface area contributed by atoms with Crippen LogP contribution in [0.15, 0.2) is 28.8 Å². The van der Waals surface area contributed by atoms with Crippen molar-refractivity contribution in [3.63, 3.8) is 0 Å². The Morgan fingerprint density at radius 3 is 2.67 bits per heavy atom. The van der Waals surface area contributed by atoms with Crippen LogP contribution in [0.2, 0.25) is 0 Å². The third-order valence-corrected chi connectivity index (χ3v) is 4.26.